The van der Waals surface area contributed by atoms with E-state index < -0.39 is 0 Å². The summed E-state index contributed by atoms with van der Waals surface area (Å²) in [5.74, 6) is 2.52. The lowest BCUT2D eigenvalue weighted by molar-refractivity contribution is 0.534. The molecule has 2 aromatic rings. The molecule has 0 spiro atoms. The average molecular weight is 348 g/mol. The monoisotopic (exact) mass is 347 g/mol. The Morgan fingerprint density at radius 1 is 1.24 bits per heavy atom. The molecule has 1 saturated carbocycles. The maximum atomic E-state index is 6.45. The molecule has 1 aliphatic carbocycles. The topological polar surface area (TPSA) is 43.8 Å². The number of nitrogens with two attached hydrogens (primary N) is 1. The van der Waals surface area contributed by atoms with Gasteiger partial charge in [-0.2, -0.15) is 0 Å². The number of nitrogens with zero attached hydrogens (tertiary/aromatic N) is 2. The largest absolute Gasteiger partial charge is 0.383 e. The van der Waals surface area contributed by atoms with Gasteiger partial charge >= 0.3 is 0 Å². The molecule has 0 bridgehead atoms. The van der Waals surface area contributed by atoms with Gasteiger partial charge in [0.1, 0.15) is 17.3 Å². The van der Waals surface area contributed by atoms with Gasteiger partial charge in [-0.05, 0) is 32.8 Å². The predicted octanol–water partition coefficient (Wildman–Crippen LogP) is 5.13. The van der Waals surface area contributed by atoms with E-state index in [9.17, 15) is 0 Å². The number of anilines is 1. The van der Waals surface area contributed by atoms with Crippen molar-refractivity contribution in [1.29, 1.82) is 0 Å². The van der Waals surface area contributed by atoms with E-state index in [2.05, 4.69) is 40.4 Å². The highest BCUT2D eigenvalue weighted by molar-refractivity contribution is 9.10. The number of imidazole rings is 1. The van der Waals surface area contributed by atoms with Crippen LogP contribution in [0.3, 0.4) is 0 Å². The number of nitrogen functional groups attached to an aromatic ring is 1. The summed E-state index contributed by atoms with van der Waals surface area (Å²) in [5.41, 5.74) is 8.45. The maximum absolute atomic E-state index is 6.45. The van der Waals surface area contributed by atoms with Gasteiger partial charge in [0.2, 0.25) is 0 Å². The van der Waals surface area contributed by atoms with Gasteiger partial charge in [0.05, 0.1) is 0 Å². The van der Waals surface area contributed by atoms with Crippen LogP contribution in [0.4, 0.5) is 5.82 Å². The molecule has 112 valence electrons. The number of hydrogen-bond acceptors (Lipinski definition) is 2. The van der Waals surface area contributed by atoms with Crippen LogP contribution in [0.25, 0.3) is 11.3 Å². The summed E-state index contributed by atoms with van der Waals surface area (Å²) in [6, 6.07) is 8.50. The number of benzene rings is 1. The third kappa shape index (κ3) is 2.61. The molecule has 3 nitrogen and oxygen atoms in total. The molecule has 0 saturated heterocycles. The van der Waals surface area contributed by atoms with E-state index in [1.807, 2.05) is 18.2 Å². The first-order valence-corrected chi connectivity index (χ1v) is 8.51. The van der Waals surface area contributed by atoms with Crippen molar-refractivity contribution in [3.05, 3.63) is 34.6 Å². The van der Waals surface area contributed by atoms with Gasteiger partial charge in [-0.3, -0.25) is 0 Å². The van der Waals surface area contributed by atoms with Crippen molar-refractivity contribution in [2.45, 2.75) is 51.5 Å². The second-order valence-electron chi connectivity index (χ2n) is 6.13. The Labute approximate surface area is 134 Å². The Balaban J connectivity index is 2.14. The smallest absolute Gasteiger partial charge is 0.132 e. The van der Waals surface area contributed by atoms with Crippen LogP contribution < -0.4 is 5.73 Å². The molecular weight excluding hydrogens is 326 g/mol. The fourth-order valence-electron chi connectivity index (χ4n) is 3.33. The molecule has 1 heterocycles. The summed E-state index contributed by atoms with van der Waals surface area (Å²) in [4.78, 5) is 4.95. The highest BCUT2D eigenvalue weighted by atomic mass is 79.9. The van der Waals surface area contributed by atoms with Crippen molar-refractivity contribution in [3.63, 3.8) is 0 Å². The Morgan fingerprint density at radius 3 is 2.52 bits per heavy atom. The van der Waals surface area contributed by atoms with Gasteiger partial charge in [0, 0.05) is 22.0 Å². The number of rotatable bonds is 3. The molecular formula is C17H22BrN3. The zero-order chi connectivity index (χ0) is 15.0. The number of halogens is 1. The molecule has 4 heteroatoms. The molecule has 1 fully saturated rings. The van der Waals surface area contributed by atoms with Crippen LogP contribution in [0.15, 0.2) is 28.7 Å². The zero-order valence-electron chi connectivity index (χ0n) is 12.6. The van der Waals surface area contributed by atoms with Crippen LogP contribution in [0.2, 0.25) is 0 Å². The van der Waals surface area contributed by atoms with Crippen molar-refractivity contribution in [2.75, 3.05) is 5.73 Å². The summed E-state index contributed by atoms with van der Waals surface area (Å²) < 4.78 is 3.27. The summed E-state index contributed by atoms with van der Waals surface area (Å²) in [7, 11) is 0. The van der Waals surface area contributed by atoms with Crippen LogP contribution >= 0.6 is 15.9 Å². The van der Waals surface area contributed by atoms with Gasteiger partial charge in [0.15, 0.2) is 0 Å². The Hall–Kier alpha value is -1.29. The fourth-order valence-corrected chi connectivity index (χ4v) is 3.80. The van der Waals surface area contributed by atoms with Crippen LogP contribution in [0, 0.1) is 0 Å². The molecule has 0 unspecified atom stereocenters. The van der Waals surface area contributed by atoms with E-state index in [1.165, 1.54) is 31.5 Å². The van der Waals surface area contributed by atoms with Crippen molar-refractivity contribution >= 4 is 21.7 Å². The van der Waals surface area contributed by atoms with E-state index >= 15 is 0 Å². The van der Waals surface area contributed by atoms with E-state index in [4.69, 9.17) is 10.7 Å². The molecule has 1 aromatic carbocycles. The summed E-state index contributed by atoms with van der Waals surface area (Å²) in [6.07, 6.45) is 5.08. The summed E-state index contributed by atoms with van der Waals surface area (Å²) in [5, 5.41) is 0. The minimum Gasteiger partial charge on any atom is -0.383 e. The molecule has 0 amide bonds. The SMILES string of the molecule is CC(C)n1c(C2CCCC2)nc(-c2ccccc2Br)c1N. The second kappa shape index (κ2) is 5.84. The van der Waals surface area contributed by atoms with Crippen LogP contribution in [0.1, 0.15) is 57.3 Å². The fraction of sp³-hybridized carbons (Fsp3) is 0.471. The van der Waals surface area contributed by atoms with Gasteiger partial charge in [0.25, 0.3) is 0 Å². The van der Waals surface area contributed by atoms with Crippen LogP contribution in [0.5, 0.6) is 0 Å². The molecule has 1 aliphatic rings. The lowest BCUT2D eigenvalue weighted by atomic mass is 10.1. The normalized spacial score (nSPS) is 16.0. The molecule has 1 aromatic heterocycles. The minimum atomic E-state index is 0.337. The standard InChI is InChI=1S/C17H22BrN3/c1-11(2)21-16(19)15(13-9-5-6-10-14(13)18)20-17(21)12-7-3-4-8-12/h5-6,9-12H,3-4,7-8,19H2,1-2H3. The minimum absolute atomic E-state index is 0.337. The Bertz CT molecular complexity index is 639. The van der Waals surface area contributed by atoms with Gasteiger partial charge < -0.3 is 10.3 Å². The molecule has 0 atom stereocenters. The third-order valence-corrected chi connectivity index (χ3v) is 5.03. The summed E-state index contributed by atoms with van der Waals surface area (Å²) >= 11 is 3.62. The van der Waals surface area contributed by atoms with Crippen molar-refractivity contribution in [1.82, 2.24) is 9.55 Å². The predicted molar refractivity (Wildman–Crippen MR) is 91.4 cm³/mol. The van der Waals surface area contributed by atoms with E-state index in [0.717, 1.165) is 21.5 Å². The van der Waals surface area contributed by atoms with Crippen LogP contribution in [-0.4, -0.2) is 9.55 Å². The maximum Gasteiger partial charge on any atom is 0.132 e. The first-order valence-electron chi connectivity index (χ1n) is 7.72. The lowest BCUT2D eigenvalue weighted by Gasteiger charge is -2.17. The summed E-state index contributed by atoms with van der Waals surface area (Å²) in [6.45, 7) is 4.36. The molecule has 3 rings (SSSR count). The Kier molecular flexibility index (Phi) is 4.07. The van der Waals surface area contributed by atoms with Crippen molar-refractivity contribution < 1.29 is 0 Å². The lowest BCUT2D eigenvalue weighted by Crippen LogP contribution is -2.11. The van der Waals surface area contributed by atoms with Crippen LogP contribution in [-0.2, 0) is 0 Å². The van der Waals surface area contributed by atoms with Crippen molar-refractivity contribution in [3.8, 4) is 11.3 Å². The Morgan fingerprint density at radius 2 is 1.90 bits per heavy atom. The van der Waals surface area contributed by atoms with Gasteiger partial charge in [-0.25, -0.2) is 4.98 Å². The zero-order valence-corrected chi connectivity index (χ0v) is 14.2. The molecule has 2 N–H and O–H groups in total. The highest BCUT2D eigenvalue weighted by Crippen LogP contribution is 2.40. The van der Waals surface area contributed by atoms with E-state index in [-0.39, 0.29) is 0 Å². The second-order valence-corrected chi connectivity index (χ2v) is 6.98. The van der Waals surface area contributed by atoms with Gasteiger partial charge in [-0.15, -0.1) is 0 Å². The molecule has 21 heavy (non-hydrogen) atoms. The van der Waals surface area contributed by atoms with E-state index in [0.29, 0.717) is 12.0 Å². The number of hydrogen-bond donors (Lipinski definition) is 1. The van der Waals surface area contributed by atoms with E-state index in [1.54, 1.807) is 0 Å². The first-order chi connectivity index (χ1) is 10.1. The first kappa shape index (κ1) is 14.6. The highest BCUT2D eigenvalue weighted by Gasteiger charge is 2.27. The molecule has 0 radical (unpaired) electrons. The quantitative estimate of drug-likeness (QED) is 0.835. The van der Waals surface area contributed by atoms with Gasteiger partial charge in [-0.1, -0.05) is 47.0 Å². The van der Waals surface area contributed by atoms with Crippen molar-refractivity contribution in [2.24, 2.45) is 0 Å². The number of aromatic nitrogens is 2. The average Bonchev–Trinajstić information content (AvgIpc) is 3.06. The molecule has 0 aliphatic heterocycles. The third-order valence-electron chi connectivity index (χ3n) is 4.34.